The number of hydrogen-bond acceptors (Lipinski definition) is 3. The van der Waals surface area contributed by atoms with Crippen LogP contribution < -0.4 is 10.6 Å². The SMILES string of the molecule is CN(C(N)=O)C(=O)OC[C@@H](Cc1ccccc1)[NH+](C)C. The van der Waals surface area contributed by atoms with E-state index in [0.717, 1.165) is 11.3 Å². The van der Waals surface area contributed by atoms with Gasteiger partial charge in [0.05, 0.1) is 14.1 Å². The minimum atomic E-state index is -0.827. The van der Waals surface area contributed by atoms with Gasteiger partial charge in [0.2, 0.25) is 0 Å². The van der Waals surface area contributed by atoms with E-state index in [-0.39, 0.29) is 12.6 Å². The number of ether oxygens (including phenoxy) is 1. The highest BCUT2D eigenvalue weighted by molar-refractivity contribution is 5.89. The van der Waals surface area contributed by atoms with Crippen LogP contribution in [0.4, 0.5) is 9.59 Å². The number of hydrogen-bond donors (Lipinski definition) is 2. The molecule has 3 amide bonds. The molecule has 0 saturated carbocycles. The molecule has 1 aromatic carbocycles. The van der Waals surface area contributed by atoms with Gasteiger partial charge in [0, 0.05) is 13.5 Å². The first-order valence-corrected chi connectivity index (χ1v) is 6.45. The highest BCUT2D eigenvalue weighted by Gasteiger charge is 2.21. The molecule has 0 aromatic heterocycles. The molecule has 20 heavy (non-hydrogen) atoms. The Bertz CT molecular complexity index is 448. The van der Waals surface area contributed by atoms with Gasteiger partial charge < -0.3 is 15.4 Å². The third-order valence-corrected chi connectivity index (χ3v) is 3.15. The molecule has 0 aliphatic rings. The first kappa shape index (κ1) is 16.0. The minimum absolute atomic E-state index is 0.114. The van der Waals surface area contributed by atoms with Crippen molar-refractivity contribution in [3.63, 3.8) is 0 Å². The Hall–Kier alpha value is -2.08. The topological polar surface area (TPSA) is 77.1 Å². The maximum absolute atomic E-state index is 11.6. The average molecular weight is 280 g/mol. The van der Waals surface area contributed by atoms with Gasteiger partial charge in [-0.25, -0.2) is 14.5 Å². The smallest absolute Gasteiger partial charge is 0.417 e. The Kier molecular flexibility index (Phi) is 5.99. The molecule has 0 unspecified atom stereocenters. The molecule has 0 radical (unpaired) electrons. The molecule has 1 atom stereocenters. The average Bonchev–Trinajstić information content (AvgIpc) is 2.42. The van der Waals surface area contributed by atoms with E-state index in [9.17, 15) is 9.59 Å². The number of nitrogens with one attached hydrogen (secondary N) is 1. The van der Waals surface area contributed by atoms with Crippen LogP contribution in [0.15, 0.2) is 30.3 Å². The molecule has 3 N–H and O–H groups in total. The van der Waals surface area contributed by atoms with E-state index in [2.05, 4.69) is 0 Å². The van der Waals surface area contributed by atoms with Crippen molar-refractivity contribution in [2.24, 2.45) is 5.73 Å². The van der Waals surface area contributed by atoms with E-state index < -0.39 is 12.1 Å². The number of quaternary nitrogens is 1. The largest absolute Gasteiger partial charge is 0.443 e. The first-order valence-electron chi connectivity index (χ1n) is 6.45. The number of rotatable bonds is 5. The van der Waals surface area contributed by atoms with Crippen LogP contribution in [0.3, 0.4) is 0 Å². The second kappa shape index (κ2) is 7.49. The molecular weight excluding hydrogens is 258 g/mol. The molecule has 6 nitrogen and oxygen atoms in total. The van der Waals surface area contributed by atoms with Crippen LogP contribution in [0.1, 0.15) is 5.56 Å². The highest BCUT2D eigenvalue weighted by Crippen LogP contribution is 2.02. The predicted molar refractivity (Wildman–Crippen MR) is 75.4 cm³/mol. The summed E-state index contributed by atoms with van der Waals surface area (Å²) in [5, 5.41) is 0. The lowest BCUT2D eigenvalue weighted by Crippen LogP contribution is -3.11. The number of nitrogens with two attached hydrogens (primary N) is 1. The Morgan fingerprint density at radius 1 is 1.30 bits per heavy atom. The fraction of sp³-hybridized carbons (Fsp3) is 0.429. The fourth-order valence-electron chi connectivity index (χ4n) is 1.69. The lowest BCUT2D eigenvalue weighted by Gasteiger charge is -2.22. The molecule has 1 rings (SSSR count). The normalized spacial score (nSPS) is 12.0. The molecule has 1 aromatic rings. The summed E-state index contributed by atoms with van der Waals surface area (Å²) in [6, 6.07) is 9.27. The van der Waals surface area contributed by atoms with E-state index in [0.29, 0.717) is 0 Å². The lowest BCUT2D eigenvalue weighted by atomic mass is 10.1. The third-order valence-electron chi connectivity index (χ3n) is 3.15. The van der Waals surface area contributed by atoms with E-state index in [1.165, 1.54) is 17.5 Å². The van der Waals surface area contributed by atoms with Gasteiger partial charge in [0.15, 0.2) is 0 Å². The Balaban J connectivity index is 2.56. The summed E-state index contributed by atoms with van der Waals surface area (Å²) in [4.78, 5) is 24.3. The predicted octanol–water partition coefficient (Wildman–Crippen LogP) is -0.111. The standard InChI is InChI=1S/C14H21N3O3/c1-16(2)12(9-11-7-5-4-6-8-11)10-20-14(19)17(3)13(15)18/h4-8,12H,9-10H2,1-3H3,(H2,15,18)/p+1/t12-/m1/s1. The number of imide groups is 1. The number of likely N-dealkylation sites (N-methyl/N-ethyl adjacent to an activating group) is 1. The van der Waals surface area contributed by atoms with Crippen molar-refractivity contribution < 1.29 is 19.2 Å². The number of carbonyl (C=O) groups excluding carboxylic acids is 2. The Labute approximate surface area is 119 Å². The number of urea groups is 1. The summed E-state index contributed by atoms with van der Waals surface area (Å²) in [7, 11) is 5.29. The number of nitrogens with zero attached hydrogens (tertiary/aromatic N) is 1. The molecular formula is C14H22N3O3+. The Morgan fingerprint density at radius 3 is 2.40 bits per heavy atom. The molecule has 0 heterocycles. The van der Waals surface area contributed by atoms with Crippen LogP contribution in [0.25, 0.3) is 0 Å². The maximum atomic E-state index is 11.6. The third kappa shape index (κ3) is 4.89. The van der Waals surface area contributed by atoms with Crippen molar-refractivity contribution in [1.29, 1.82) is 0 Å². The van der Waals surface area contributed by atoms with Crippen LogP contribution in [0.2, 0.25) is 0 Å². The summed E-state index contributed by atoms with van der Waals surface area (Å²) in [6.07, 6.45) is 0.0633. The minimum Gasteiger partial charge on any atom is -0.443 e. The first-order chi connectivity index (χ1) is 9.41. The molecule has 0 fully saturated rings. The lowest BCUT2D eigenvalue weighted by molar-refractivity contribution is -0.885. The zero-order valence-corrected chi connectivity index (χ0v) is 12.1. The van der Waals surface area contributed by atoms with Gasteiger partial charge in [0.25, 0.3) is 0 Å². The van der Waals surface area contributed by atoms with Gasteiger partial charge in [-0.2, -0.15) is 0 Å². The maximum Gasteiger partial charge on any atom is 0.417 e. The second-order valence-corrected chi connectivity index (χ2v) is 4.94. The quantitative estimate of drug-likeness (QED) is 0.790. The second-order valence-electron chi connectivity index (χ2n) is 4.94. The van der Waals surface area contributed by atoms with E-state index in [1.807, 2.05) is 44.4 Å². The molecule has 110 valence electrons. The van der Waals surface area contributed by atoms with Crippen LogP contribution in [-0.2, 0) is 11.2 Å². The number of amides is 3. The van der Waals surface area contributed by atoms with Gasteiger partial charge in [-0.1, -0.05) is 30.3 Å². The van der Waals surface area contributed by atoms with Gasteiger partial charge in [-0.15, -0.1) is 0 Å². The summed E-state index contributed by atoms with van der Waals surface area (Å²) in [6.45, 7) is 0.230. The molecule has 0 saturated heterocycles. The van der Waals surface area contributed by atoms with Crippen molar-refractivity contribution in [1.82, 2.24) is 4.90 Å². The molecule has 0 bridgehead atoms. The zero-order chi connectivity index (χ0) is 15.1. The van der Waals surface area contributed by atoms with Gasteiger partial charge in [0.1, 0.15) is 12.6 Å². The summed E-state index contributed by atoms with van der Waals surface area (Å²) >= 11 is 0. The van der Waals surface area contributed by atoms with Gasteiger partial charge in [-0.05, 0) is 5.56 Å². The molecule has 0 spiro atoms. The molecule has 6 heteroatoms. The van der Waals surface area contributed by atoms with E-state index in [4.69, 9.17) is 10.5 Å². The summed E-state index contributed by atoms with van der Waals surface area (Å²) in [5.74, 6) is 0. The van der Waals surface area contributed by atoms with Crippen molar-refractivity contribution in [2.75, 3.05) is 27.7 Å². The van der Waals surface area contributed by atoms with Crippen LogP contribution in [-0.4, -0.2) is 50.8 Å². The van der Waals surface area contributed by atoms with Crippen LogP contribution in [0, 0.1) is 0 Å². The summed E-state index contributed by atoms with van der Waals surface area (Å²) < 4.78 is 5.13. The summed E-state index contributed by atoms with van der Waals surface area (Å²) in [5.41, 5.74) is 6.19. The van der Waals surface area contributed by atoms with Gasteiger partial charge in [-0.3, -0.25) is 0 Å². The monoisotopic (exact) mass is 280 g/mol. The van der Waals surface area contributed by atoms with Crippen molar-refractivity contribution >= 4 is 12.1 Å². The molecule has 0 aliphatic heterocycles. The number of benzene rings is 1. The van der Waals surface area contributed by atoms with Gasteiger partial charge >= 0.3 is 12.1 Å². The molecule has 0 aliphatic carbocycles. The number of primary amides is 1. The van der Waals surface area contributed by atoms with E-state index >= 15 is 0 Å². The van der Waals surface area contributed by atoms with Crippen LogP contribution >= 0.6 is 0 Å². The van der Waals surface area contributed by atoms with Crippen LogP contribution in [0.5, 0.6) is 0 Å². The highest BCUT2D eigenvalue weighted by atomic mass is 16.6. The van der Waals surface area contributed by atoms with E-state index in [1.54, 1.807) is 0 Å². The number of carbonyl (C=O) groups is 2. The van der Waals surface area contributed by atoms with Crippen molar-refractivity contribution in [2.45, 2.75) is 12.5 Å². The van der Waals surface area contributed by atoms with Crippen molar-refractivity contribution in [3.8, 4) is 0 Å². The Morgan fingerprint density at radius 2 is 1.90 bits per heavy atom. The van der Waals surface area contributed by atoms with Crippen molar-refractivity contribution in [3.05, 3.63) is 35.9 Å². The fourth-order valence-corrected chi connectivity index (χ4v) is 1.69. The zero-order valence-electron chi connectivity index (χ0n) is 12.1.